The summed E-state index contributed by atoms with van der Waals surface area (Å²) in [5, 5.41) is 3.40. The number of nitrogens with one attached hydrogen (secondary N) is 1. The average Bonchev–Trinajstić information content (AvgIpc) is 3.40. The van der Waals surface area contributed by atoms with Crippen molar-refractivity contribution in [2.75, 3.05) is 32.6 Å². The number of aromatic nitrogens is 2. The van der Waals surface area contributed by atoms with Crippen molar-refractivity contribution in [3.63, 3.8) is 0 Å². The fraction of sp³-hybridized carbons (Fsp3) is 0.367. The zero-order valence-corrected chi connectivity index (χ0v) is 23.1. The Bertz CT molecular complexity index is 1270. The lowest BCUT2D eigenvalue weighted by atomic mass is 10.2. The molecule has 0 radical (unpaired) electrons. The van der Waals surface area contributed by atoms with E-state index in [1.54, 1.807) is 25.3 Å². The normalized spacial score (nSPS) is 15.3. The van der Waals surface area contributed by atoms with Gasteiger partial charge in [-0.2, -0.15) is 4.98 Å². The number of rotatable bonds is 9. The van der Waals surface area contributed by atoms with Gasteiger partial charge in [-0.05, 0) is 81.7 Å². The van der Waals surface area contributed by atoms with E-state index < -0.39 is 5.60 Å². The molecule has 4 rings (SSSR count). The van der Waals surface area contributed by atoms with Crippen molar-refractivity contribution in [3.05, 3.63) is 66.1 Å². The first-order chi connectivity index (χ1) is 18.7. The first kappa shape index (κ1) is 27.8. The topological polar surface area (TPSA) is 95.0 Å². The molecule has 1 fully saturated rings. The zero-order valence-electron chi connectivity index (χ0n) is 23.1. The van der Waals surface area contributed by atoms with E-state index in [-0.39, 0.29) is 12.1 Å². The van der Waals surface area contributed by atoms with E-state index in [1.165, 1.54) is 0 Å². The Morgan fingerprint density at radius 2 is 1.64 bits per heavy atom. The van der Waals surface area contributed by atoms with Crippen molar-refractivity contribution in [1.29, 1.82) is 0 Å². The second-order valence-corrected chi connectivity index (χ2v) is 10.2. The van der Waals surface area contributed by atoms with Crippen LogP contribution in [0.4, 0.5) is 10.5 Å². The van der Waals surface area contributed by atoms with E-state index in [0.717, 1.165) is 29.9 Å². The highest BCUT2D eigenvalue weighted by Gasteiger charge is 2.32. The lowest BCUT2D eigenvalue weighted by Gasteiger charge is -2.29. The molecule has 9 nitrogen and oxygen atoms in total. The number of likely N-dealkylation sites (tertiary alicyclic amines) is 1. The number of anilines is 1. The van der Waals surface area contributed by atoms with E-state index in [9.17, 15) is 4.79 Å². The molecule has 1 unspecified atom stereocenters. The predicted octanol–water partition coefficient (Wildman–Crippen LogP) is 6.27. The van der Waals surface area contributed by atoms with Gasteiger partial charge in [0.25, 0.3) is 0 Å². The Morgan fingerprint density at radius 1 is 1.00 bits per heavy atom. The van der Waals surface area contributed by atoms with E-state index in [2.05, 4.69) is 15.3 Å². The lowest BCUT2D eigenvalue weighted by molar-refractivity contribution is 0.0235. The summed E-state index contributed by atoms with van der Waals surface area (Å²) in [6.45, 7) is 6.81. The molecule has 1 saturated heterocycles. The minimum absolute atomic E-state index is 0.0108. The summed E-state index contributed by atoms with van der Waals surface area (Å²) in [7, 11) is 3.26. The predicted molar refractivity (Wildman–Crippen MR) is 151 cm³/mol. The summed E-state index contributed by atoms with van der Waals surface area (Å²) in [4.78, 5) is 23.7. The lowest BCUT2D eigenvalue weighted by Crippen LogP contribution is -2.42. The number of nitrogens with zero attached hydrogens (tertiary/aromatic N) is 3. The van der Waals surface area contributed by atoms with Gasteiger partial charge in [0.05, 0.1) is 26.5 Å². The summed E-state index contributed by atoms with van der Waals surface area (Å²) >= 11 is 0. The molecule has 0 aliphatic carbocycles. The third-order valence-corrected chi connectivity index (χ3v) is 6.12. The van der Waals surface area contributed by atoms with Gasteiger partial charge >= 0.3 is 6.09 Å². The van der Waals surface area contributed by atoms with Gasteiger partial charge in [0, 0.05) is 13.1 Å². The van der Waals surface area contributed by atoms with Gasteiger partial charge in [-0.15, -0.1) is 0 Å². The van der Waals surface area contributed by atoms with Crippen LogP contribution < -0.4 is 19.5 Å². The number of hydrogen-bond acceptors (Lipinski definition) is 8. The highest BCUT2D eigenvalue weighted by molar-refractivity contribution is 5.69. The molecule has 0 spiro atoms. The summed E-state index contributed by atoms with van der Waals surface area (Å²) < 4.78 is 22.2. The minimum Gasteiger partial charge on any atom is -0.497 e. The molecular formula is C30H36N4O5. The van der Waals surface area contributed by atoms with Crippen LogP contribution in [0.25, 0.3) is 12.2 Å². The molecule has 2 aromatic carbocycles. The van der Waals surface area contributed by atoms with Crippen LogP contribution in [0.1, 0.15) is 45.0 Å². The Morgan fingerprint density at radius 3 is 2.28 bits per heavy atom. The van der Waals surface area contributed by atoms with Gasteiger partial charge in [-0.25, -0.2) is 9.78 Å². The van der Waals surface area contributed by atoms with Crippen LogP contribution in [0, 0.1) is 0 Å². The second kappa shape index (κ2) is 12.5. The Hall–Kier alpha value is -4.27. The molecule has 1 aliphatic rings. The minimum atomic E-state index is -0.542. The second-order valence-electron chi connectivity index (χ2n) is 10.2. The standard InChI is InChI=1S/C30H36N4O5/c1-30(2,3)39-29(35)34-18-6-7-22(34)19-31-26-20-32-27(17-10-21-8-11-23(36-4)12-9-21)33-28(26)38-25-15-13-24(37-5)14-16-25/h8-17,20,22,31H,6-7,18-19H2,1-5H3/b17-10+. The fourth-order valence-corrected chi connectivity index (χ4v) is 4.14. The highest BCUT2D eigenvalue weighted by atomic mass is 16.6. The van der Waals surface area contributed by atoms with Crippen molar-refractivity contribution < 1.29 is 23.7 Å². The molecule has 206 valence electrons. The van der Waals surface area contributed by atoms with Gasteiger partial charge < -0.3 is 29.2 Å². The SMILES string of the molecule is COc1ccc(/C=C/c2ncc(NCC3CCCN3C(=O)OC(C)(C)C)c(Oc3ccc(OC)cc3)n2)cc1. The van der Waals surface area contributed by atoms with Crippen LogP contribution >= 0.6 is 0 Å². The Balaban J connectivity index is 1.52. The molecule has 3 aromatic rings. The first-order valence-corrected chi connectivity index (χ1v) is 13.0. The monoisotopic (exact) mass is 532 g/mol. The number of methoxy groups -OCH3 is 2. The number of hydrogen-bond donors (Lipinski definition) is 1. The molecule has 2 heterocycles. The molecule has 1 aliphatic heterocycles. The molecule has 1 N–H and O–H groups in total. The van der Waals surface area contributed by atoms with E-state index in [1.807, 2.05) is 81.5 Å². The summed E-state index contributed by atoms with van der Waals surface area (Å²) in [5.41, 5.74) is 1.08. The van der Waals surface area contributed by atoms with Gasteiger partial charge in [0.2, 0.25) is 5.88 Å². The van der Waals surface area contributed by atoms with Crippen LogP contribution in [0.5, 0.6) is 23.1 Å². The van der Waals surface area contributed by atoms with Crippen LogP contribution in [-0.2, 0) is 4.74 Å². The van der Waals surface area contributed by atoms with Gasteiger partial charge in [-0.1, -0.05) is 18.2 Å². The largest absolute Gasteiger partial charge is 0.497 e. The summed E-state index contributed by atoms with van der Waals surface area (Å²) in [6.07, 6.45) is 6.96. The number of benzene rings is 2. The molecule has 1 atom stereocenters. The van der Waals surface area contributed by atoms with Gasteiger partial charge in [0.1, 0.15) is 28.5 Å². The Kier molecular flexibility index (Phi) is 8.91. The number of carbonyl (C=O) groups excluding carboxylic acids is 1. The van der Waals surface area contributed by atoms with Crippen LogP contribution in [0.3, 0.4) is 0 Å². The third-order valence-electron chi connectivity index (χ3n) is 6.12. The zero-order chi connectivity index (χ0) is 27.8. The van der Waals surface area contributed by atoms with E-state index in [0.29, 0.717) is 36.2 Å². The average molecular weight is 533 g/mol. The molecule has 39 heavy (non-hydrogen) atoms. The van der Waals surface area contributed by atoms with Crippen LogP contribution in [0.2, 0.25) is 0 Å². The van der Waals surface area contributed by atoms with Crippen molar-refractivity contribution >= 4 is 23.9 Å². The summed E-state index contributed by atoms with van der Waals surface area (Å²) in [5.74, 6) is 3.01. The van der Waals surface area contributed by atoms with Crippen molar-refractivity contribution in [2.24, 2.45) is 0 Å². The van der Waals surface area contributed by atoms with E-state index in [4.69, 9.17) is 18.9 Å². The van der Waals surface area contributed by atoms with Gasteiger partial charge in [0.15, 0.2) is 5.82 Å². The van der Waals surface area contributed by atoms with Crippen LogP contribution in [-0.4, -0.2) is 59.9 Å². The maximum Gasteiger partial charge on any atom is 0.410 e. The van der Waals surface area contributed by atoms with E-state index >= 15 is 0 Å². The van der Waals surface area contributed by atoms with Crippen molar-refractivity contribution in [3.8, 4) is 23.1 Å². The Labute approximate surface area is 229 Å². The number of carbonyl (C=O) groups is 1. The van der Waals surface area contributed by atoms with Crippen LogP contribution in [0.15, 0.2) is 54.7 Å². The number of amides is 1. The molecule has 0 bridgehead atoms. The third kappa shape index (κ3) is 7.86. The molecule has 0 saturated carbocycles. The molecule has 1 aromatic heterocycles. The number of ether oxygens (including phenoxy) is 4. The maximum atomic E-state index is 12.7. The molecular weight excluding hydrogens is 496 g/mol. The highest BCUT2D eigenvalue weighted by Crippen LogP contribution is 2.30. The van der Waals surface area contributed by atoms with Crippen molar-refractivity contribution in [2.45, 2.75) is 45.3 Å². The smallest absolute Gasteiger partial charge is 0.410 e. The first-order valence-electron chi connectivity index (χ1n) is 13.0. The van der Waals surface area contributed by atoms with Crippen molar-refractivity contribution in [1.82, 2.24) is 14.9 Å². The van der Waals surface area contributed by atoms with Gasteiger partial charge in [-0.3, -0.25) is 0 Å². The maximum absolute atomic E-state index is 12.7. The molecule has 1 amide bonds. The summed E-state index contributed by atoms with van der Waals surface area (Å²) in [6, 6.07) is 15.0. The quantitative estimate of drug-likeness (QED) is 0.345. The fourth-order valence-electron chi connectivity index (χ4n) is 4.14. The molecule has 9 heteroatoms.